The van der Waals surface area contributed by atoms with Gasteiger partial charge in [0.05, 0.1) is 4.47 Å². The van der Waals surface area contributed by atoms with Crippen molar-refractivity contribution in [2.75, 3.05) is 0 Å². The summed E-state index contributed by atoms with van der Waals surface area (Å²) in [7, 11) is 0. The molecule has 118 valence electrons. The van der Waals surface area contributed by atoms with Crippen LogP contribution in [0.1, 0.15) is 17.3 Å². The van der Waals surface area contributed by atoms with E-state index < -0.39 is 24.6 Å². The highest BCUT2D eigenvalue weighted by atomic mass is 79.9. The topological polar surface area (TPSA) is 35.5 Å². The minimum Gasteiger partial charge on any atom is -0.427 e. The fraction of sp³-hybridized carbons (Fsp3) is 0.364. The van der Waals surface area contributed by atoms with Crippen molar-refractivity contribution in [1.29, 1.82) is 0 Å². The van der Waals surface area contributed by atoms with Gasteiger partial charge in [-0.3, -0.25) is 4.79 Å². The Morgan fingerprint density at radius 3 is 2.24 bits per heavy atom. The van der Waals surface area contributed by atoms with Crippen LogP contribution in [0.2, 0.25) is 0 Å². The molecule has 0 aromatic heterocycles. The molecule has 1 rings (SSSR count). The van der Waals surface area contributed by atoms with Crippen LogP contribution in [0.4, 0.5) is 26.3 Å². The molecule has 0 heterocycles. The first-order valence-corrected chi connectivity index (χ1v) is 5.97. The van der Waals surface area contributed by atoms with Gasteiger partial charge in [-0.1, -0.05) is 0 Å². The van der Waals surface area contributed by atoms with Crippen molar-refractivity contribution in [2.45, 2.75) is 25.8 Å². The normalized spacial score (nSPS) is 13.9. The van der Waals surface area contributed by atoms with Crippen LogP contribution in [0.25, 0.3) is 0 Å². The number of carbonyl (C=O) groups excluding carboxylic acids is 1. The number of rotatable bonds is 5. The van der Waals surface area contributed by atoms with Crippen molar-refractivity contribution >= 4 is 21.7 Å². The van der Waals surface area contributed by atoms with Crippen LogP contribution < -0.4 is 4.74 Å². The number of carbonyl (C=O) groups is 1. The molecule has 1 atom stereocenters. The van der Waals surface area contributed by atoms with E-state index in [0.29, 0.717) is 0 Å². The molecule has 0 aliphatic heterocycles. The van der Waals surface area contributed by atoms with E-state index in [1.165, 1.54) is 6.92 Å². The van der Waals surface area contributed by atoms with E-state index in [1.54, 1.807) is 0 Å². The molecule has 3 nitrogen and oxygen atoms in total. The number of alkyl halides is 6. The maximum Gasteiger partial charge on any atom is 0.525 e. The summed E-state index contributed by atoms with van der Waals surface area (Å²) < 4.78 is 80.5. The second-order valence-electron chi connectivity index (χ2n) is 3.74. The second-order valence-corrected chi connectivity index (χ2v) is 4.60. The molecule has 0 radical (unpaired) electrons. The Hall–Kier alpha value is -1.29. The van der Waals surface area contributed by atoms with Gasteiger partial charge in [-0.15, -0.1) is 13.2 Å². The SMILES string of the molecule is CC(=O)c1ccc(OC(F)(F)[C@@H](F)OC(F)(F)F)c(Br)c1. The maximum absolute atomic E-state index is 13.2. The van der Waals surface area contributed by atoms with Crippen LogP contribution >= 0.6 is 15.9 Å². The number of Topliss-reactive ketones (excluding diaryl/α,β-unsaturated/α-hetero) is 1. The highest BCUT2D eigenvalue weighted by molar-refractivity contribution is 9.10. The Morgan fingerprint density at radius 2 is 1.81 bits per heavy atom. The van der Waals surface area contributed by atoms with Gasteiger partial charge >= 0.3 is 18.8 Å². The third-order valence-corrected chi connectivity index (χ3v) is 2.71. The predicted molar refractivity (Wildman–Crippen MR) is 61.8 cm³/mol. The van der Waals surface area contributed by atoms with Crippen molar-refractivity contribution < 1.29 is 40.6 Å². The average Bonchev–Trinajstić information content (AvgIpc) is 2.29. The van der Waals surface area contributed by atoms with E-state index in [0.717, 1.165) is 18.2 Å². The number of halogens is 7. The number of hydrogen-bond donors (Lipinski definition) is 0. The molecule has 0 spiro atoms. The molecular weight excluding hydrogens is 374 g/mol. The quantitative estimate of drug-likeness (QED) is 0.559. The minimum absolute atomic E-state index is 0.140. The molecule has 0 saturated carbocycles. The highest BCUT2D eigenvalue weighted by Crippen LogP contribution is 2.35. The van der Waals surface area contributed by atoms with E-state index in [1.807, 2.05) is 0 Å². The van der Waals surface area contributed by atoms with Gasteiger partial charge in [0.25, 0.3) is 0 Å². The van der Waals surface area contributed by atoms with Gasteiger partial charge in [0, 0.05) is 5.56 Å². The molecule has 0 aliphatic carbocycles. The van der Waals surface area contributed by atoms with Crippen LogP contribution in [-0.4, -0.2) is 24.6 Å². The van der Waals surface area contributed by atoms with Gasteiger partial charge in [0.15, 0.2) is 5.78 Å². The van der Waals surface area contributed by atoms with E-state index in [2.05, 4.69) is 25.4 Å². The molecule has 0 amide bonds. The molecular formula is C11H7BrF6O3. The summed E-state index contributed by atoms with van der Waals surface area (Å²) in [6, 6.07) is 3.08. The standard InChI is InChI=1S/C11H7BrF6O3/c1-5(19)6-2-3-8(7(12)4-6)20-10(14,15)9(13)21-11(16,17)18/h2-4,9H,1H3/t9-/m0/s1. The zero-order valence-corrected chi connectivity index (χ0v) is 11.8. The molecule has 0 N–H and O–H groups in total. The first kappa shape index (κ1) is 17.8. The Kier molecular flexibility index (Phi) is 5.26. The third kappa shape index (κ3) is 5.20. The van der Waals surface area contributed by atoms with E-state index in [9.17, 15) is 31.1 Å². The smallest absolute Gasteiger partial charge is 0.427 e. The Morgan fingerprint density at radius 1 is 1.24 bits per heavy atom. The number of benzene rings is 1. The average molecular weight is 381 g/mol. The predicted octanol–water partition coefficient (Wildman–Crippen LogP) is 4.46. The molecule has 0 bridgehead atoms. The Bertz CT molecular complexity index is 531. The molecule has 0 unspecified atom stereocenters. The fourth-order valence-corrected chi connectivity index (χ4v) is 1.64. The molecule has 21 heavy (non-hydrogen) atoms. The van der Waals surface area contributed by atoms with Crippen LogP contribution in [-0.2, 0) is 4.74 Å². The van der Waals surface area contributed by atoms with E-state index in [4.69, 9.17) is 0 Å². The van der Waals surface area contributed by atoms with Crippen molar-refractivity contribution in [3.05, 3.63) is 28.2 Å². The van der Waals surface area contributed by atoms with Crippen molar-refractivity contribution in [1.82, 2.24) is 0 Å². The molecule has 1 aromatic carbocycles. The monoisotopic (exact) mass is 380 g/mol. The van der Waals surface area contributed by atoms with E-state index in [-0.39, 0.29) is 15.8 Å². The van der Waals surface area contributed by atoms with Gasteiger partial charge in [-0.2, -0.15) is 8.78 Å². The van der Waals surface area contributed by atoms with Crippen LogP contribution in [0.5, 0.6) is 5.75 Å². The summed E-state index contributed by atoms with van der Waals surface area (Å²) in [5, 5.41) is 0. The lowest BCUT2D eigenvalue weighted by atomic mass is 10.1. The van der Waals surface area contributed by atoms with Crippen molar-refractivity contribution in [3.63, 3.8) is 0 Å². The number of ether oxygens (including phenoxy) is 2. The number of ketones is 1. The summed E-state index contributed by atoms with van der Waals surface area (Å²) in [6.07, 6.45) is -14.5. The summed E-state index contributed by atoms with van der Waals surface area (Å²) >= 11 is 2.78. The molecule has 10 heteroatoms. The summed E-state index contributed by atoms with van der Waals surface area (Å²) in [5.41, 5.74) is 0.140. The fourth-order valence-electron chi connectivity index (χ4n) is 1.18. The summed E-state index contributed by atoms with van der Waals surface area (Å²) in [5.74, 6) is -1.03. The molecule has 0 fully saturated rings. The van der Waals surface area contributed by atoms with Gasteiger partial charge in [0.1, 0.15) is 5.75 Å². The van der Waals surface area contributed by atoms with E-state index >= 15 is 0 Å². The molecule has 0 aliphatic rings. The van der Waals surface area contributed by atoms with Crippen LogP contribution in [0.3, 0.4) is 0 Å². The van der Waals surface area contributed by atoms with Gasteiger partial charge in [0.2, 0.25) is 0 Å². The third-order valence-electron chi connectivity index (χ3n) is 2.09. The van der Waals surface area contributed by atoms with Crippen molar-refractivity contribution in [2.24, 2.45) is 0 Å². The zero-order chi connectivity index (χ0) is 16.4. The molecule has 1 aromatic rings. The highest BCUT2D eigenvalue weighted by Gasteiger charge is 2.50. The van der Waals surface area contributed by atoms with Gasteiger partial charge in [-0.25, -0.2) is 9.13 Å². The van der Waals surface area contributed by atoms with Crippen LogP contribution in [0.15, 0.2) is 22.7 Å². The van der Waals surface area contributed by atoms with Crippen LogP contribution in [0, 0.1) is 0 Å². The molecule has 0 saturated heterocycles. The lowest BCUT2D eigenvalue weighted by Gasteiger charge is -2.22. The summed E-state index contributed by atoms with van der Waals surface area (Å²) in [6.45, 7) is 1.21. The van der Waals surface area contributed by atoms with Crippen molar-refractivity contribution in [3.8, 4) is 5.75 Å². The number of hydrogen-bond acceptors (Lipinski definition) is 3. The largest absolute Gasteiger partial charge is 0.525 e. The zero-order valence-electron chi connectivity index (χ0n) is 10.2. The lowest BCUT2D eigenvalue weighted by molar-refractivity contribution is -0.411. The van der Waals surface area contributed by atoms with Gasteiger partial charge < -0.3 is 4.74 Å². The Labute approximate surface area is 123 Å². The van der Waals surface area contributed by atoms with Gasteiger partial charge in [-0.05, 0) is 41.1 Å². The summed E-state index contributed by atoms with van der Waals surface area (Å²) in [4.78, 5) is 11.0. The first-order chi connectivity index (χ1) is 9.42. The minimum atomic E-state index is -5.58. The maximum atomic E-state index is 13.2. The second kappa shape index (κ2) is 6.22. The Balaban J connectivity index is 2.91. The lowest BCUT2D eigenvalue weighted by Crippen LogP contribution is -2.41. The first-order valence-electron chi connectivity index (χ1n) is 5.18.